The molecule has 0 aromatic carbocycles. The first-order valence-electron chi connectivity index (χ1n) is 5.86. The van der Waals surface area contributed by atoms with E-state index in [1.165, 1.54) is 18.3 Å². The Morgan fingerprint density at radius 3 is 2.85 bits per heavy atom. The highest BCUT2D eigenvalue weighted by atomic mass is 32.2. The summed E-state index contributed by atoms with van der Waals surface area (Å²) in [4.78, 5) is 3.64. The van der Waals surface area contributed by atoms with Crippen molar-refractivity contribution in [2.75, 3.05) is 6.54 Å². The fourth-order valence-corrected chi connectivity index (χ4v) is 2.87. The monoisotopic (exact) mass is 291 g/mol. The third-order valence-electron chi connectivity index (χ3n) is 2.76. The molecular weight excluding hydrogens is 278 g/mol. The molecule has 2 heterocycles. The minimum atomic E-state index is -3.73. The lowest BCUT2D eigenvalue weighted by molar-refractivity contribution is 0.579. The zero-order valence-electron chi connectivity index (χ0n) is 10.8. The second kappa shape index (κ2) is 5.81. The predicted molar refractivity (Wildman–Crippen MR) is 71.1 cm³/mol. The molecule has 2 aromatic heterocycles. The molecule has 0 saturated heterocycles. The normalized spacial score (nSPS) is 11.2. The molecule has 2 aromatic rings. The molecule has 2 rings (SSSR count). The lowest BCUT2D eigenvalue weighted by atomic mass is 10.3. The molecule has 104 valence electrons. The van der Waals surface area contributed by atoms with E-state index in [-0.39, 0.29) is 17.1 Å². The van der Waals surface area contributed by atoms with E-state index < -0.39 is 10.0 Å². The molecule has 0 fully saturated rings. The number of rotatable bonds is 5. The van der Waals surface area contributed by atoms with Gasteiger partial charge in [0.15, 0.2) is 5.69 Å². The minimum Gasteiger partial charge on any atom is -0.273 e. The van der Waals surface area contributed by atoms with Crippen LogP contribution in [-0.2, 0) is 23.5 Å². The minimum absolute atomic E-state index is 0.104. The van der Waals surface area contributed by atoms with E-state index in [2.05, 4.69) is 14.8 Å². The van der Waals surface area contributed by atoms with Gasteiger partial charge in [0.2, 0.25) is 10.0 Å². The van der Waals surface area contributed by atoms with Gasteiger partial charge in [-0.3, -0.25) is 4.68 Å². The number of nitrogens with one attached hydrogen (secondary N) is 1. The van der Waals surface area contributed by atoms with Crippen LogP contribution in [0.2, 0.25) is 0 Å². The van der Waals surface area contributed by atoms with Gasteiger partial charge in [-0.1, -0.05) is 0 Å². The summed E-state index contributed by atoms with van der Waals surface area (Å²) in [6, 6.07) is 6.43. The van der Waals surface area contributed by atoms with Gasteiger partial charge in [-0.05, 0) is 18.2 Å². The standard InChI is InChI=1S/C12H13N5O2S/c1-17-10(4-7-15-17)5-8-16-20(18,19)12-3-2-6-14-11(12)9-13/h2-4,6-7,16H,5,8H2,1H3. The smallest absolute Gasteiger partial charge is 0.243 e. The van der Waals surface area contributed by atoms with Crippen LogP contribution in [0.3, 0.4) is 0 Å². The lowest BCUT2D eigenvalue weighted by Crippen LogP contribution is -2.27. The Morgan fingerprint density at radius 2 is 2.20 bits per heavy atom. The first-order valence-corrected chi connectivity index (χ1v) is 7.34. The second-order valence-electron chi connectivity index (χ2n) is 4.06. The number of aromatic nitrogens is 3. The summed E-state index contributed by atoms with van der Waals surface area (Å²) < 4.78 is 28.3. The van der Waals surface area contributed by atoms with Crippen LogP contribution >= 0.6 is 0 Å². The van der Waals surface area contributed by atoms with Crippen LogP contribution in [0.15, 0.2) is 35.5 Å². The van der Waals surface area contributed by atoms with Crippen LogP contribution < -0.4 is 4.72 Å². The molecule has 7 nitrogen and oxygen atoms in total. The SMILES string of the molecule is Cn1nccc1CCNS(=O)(=O)c1cccnc1C#N. The molecule has 0 bridgehead atoms. The summed E-state index contributed by atoms with van der Waals surface area (Å²) in [5.41, 5.74) is 0.805. The molecule has 0 aliphatic rings. The Morgan fingerprint density at radius 1 is 1.40 bits per heavy atom. The van der Waals surface area contributed by atoms with Gasteiger partial charge >= 0.3 is 0 Å². The highest BCUT2D eigenvalue weighted by Gasteiger charge is 2.18. The van der Waals surface area contributed by atoms with Crippen molar-refractivity contribution in [3.8, 4) is 6.07 Å². The number of aryl methyl sites for hydroxylation is 1. The van der Waals surface area contributed by atoms with Crippen molar-refractivity contribution in [3.05, 3.63) is 42.0 Å². The molecular formula is C12H13N5O2S. The average Bonchev–Trinajstić information content (AvgIpc) is 2.84. The second-order valence-corrected chi connectivity index (χ2v) is 5.79. The van der Waals surface area contributed by atoms with Gasteiger partial charge in [-0.15, -0.1) is 0 Å². The van der Waals surface area contributed by atoms with E-state index in [1.54, 1.807) is 24.0 Å². The largest absolute Gasteiger partial charge is 0.273 e. The summed E-state index contributed by atoms with van der Waals surface area (Å²) in [6.07, 6.45) is 3.55. The van der Waals surface area contributed by atoms with E-state index in [4.69, 9.17) is 5.26 Å². The number of pyridine rings is 1. The summed E-state index contributed by atoms with van der Waals surface area (Å²) in [7, 11) is -1.94. The Bertz CT molecular complexity index is 745. The molecule has 0 amide bonds. The van der Waals surface area contributed by atoms with Gasteiger partial charge in [0.05, 0.1) is 0 Å². The lowest BCUT2D eigenvalue weighted by Gasteiger charge is -2.07. The molecule has 0 radical (unpaired) electrons. The van der Waals surface area contributed by atoms with E-state index in [0.717, 1.165) is 5.69 Å². The van der Waals surface area contributed by atoms with Crippen molar-refractivity contribution in [3.63, 3.8) is 0 Å². The quantitative estimate of drug-likeness (QED) is 0.848. The van der Waals surface area contributed by atoms with Crippen molar-refractivity contribution >= 4 is 10.0 Å². The number of hydrogen-bond donors (Lipinski definition) is 1. The van der Waals surface area contributed by atoms with E-state index in [0.29, 0.717) is 6.42 Å². The topological polar surface area (TPSA) is 101 Å². The average molecular weight is 291 g/mol. The highest BCUT2D eigenvalue weighted by molar-refractivity contribution is 7.89. The summed E-state index contributed by atoms with van der Waals surface area (Å²) in [6.45, 7) is 0.224. The molecule has 0 aliphatic heterocycles. The van der Waals surface area contributed by atoms with E-state index in [9.17, 15) is 8.42 Å². The number of hydrogen-bond acceptors (Lipinski definition) is 5. The van der Waals surface area contributed by atoms with Crippen LogP contribution in [0.25, 0.3) is 0 Å². The fraction of sp³-hybridized carbons (Fsp3) is 0.250. The van der Waals surface area contributed by atoms with Gasteiger partial charge in [0, 0.05) is 38.1 Å². The summed E-state index contributed by atoms with van der Waals surface area (Å²) >= 11 is 0. The molecule has 0 unspecified atom stereocenters. The van der Waals surface area contributed by atoms with Gasteiger partial charge in [0.1, 0.15) is 11.0 Å². The van der Waals surface area contributed by atoms with Crippen LogP contribution in [0, 0.1) is 11.3 Å². The Kier molecular flexibility index (Phi) is 4.12. The van der Waals surface area contributed by atoms with Gasteiger partial charge in [-0.25, -0.2) is 18.1 Å². The molecule has 0 spiro atoms. The molecule has 8 heteroatoms. The van der Waals surface area contributed by atoms with Crippen LogP contribution in [0.5, 0.6) is 0 Å². The van der Waals surface area contributed by atoms with Crippen molar-refractivity contribution in [2.24, 2.45) is 7.05 Å². The van der Waals surface area contributed by atoms with E-state index in [1.807, 2.05) is 6.07 Å². The number of nitrogens with zero attached hydrogens (tertiary/aromatic N) is 4. The third kappa shape index (κ3) is 3.01. The van der Waals surface area contributed by atoms with Crippen molar-refractivity contribution in [2.45, 2.75) is 11.3 Å². The van der Waals surface area contributed by atoms with Crippen LogP contribution in [0.4, 0.5) is 0 Å². The third-order valence-corrected chi connectivity index (χ3v) is 4.25. The zero-order chi connectivity index (χ0) is 14.6. The summed E-state index contributed by atoms with van der Waals surface area (Å²) in [5, 5.41) is 12.9. The van der Waals surface area contributed by atoms with Gasteiger partial charge in [0.25, 0.3) is 0 Å². The molecule has 20 heavy (non-hydrogen) atoms. The Hall–Kier alpha value is -2.24. The first-order chi connectivity index (χ1) is 9.54. The molecule has 0 saturated carbocycles. The van der Waals surface area contributed by atoms with Crippen LogP contribution in [0.1, 0.15) is 11.4 Å². The molecule has 0 atom stereocenters. The number of nitriles is 1. The van der Waals surface area contributed by atoms with Gasteiger partial charge < -0.3 is 0 Å². The highest BCUT2D eigenvalue weighted by Crippen LogP contribution is 2.11. The fourth-order valence-electron chi connectivity index (χ4n) is 1.73. The molecule has 1 N–H and O–H groups in total. The maximum atomic E-state index is 12.1. The maximum absolute atomic E-state index is 12.1. The summed E-state index contributed by atoms with van der Waals surface area (Å²) in [5.74, 6) is 0. The van der Waals surface area contributed by atoms with Gasteiger partial charge in [-0.2, -0.15) is 10.4 Å². The van der Waals surface area contributed by atoms with Crippen molar-refractivity contribution in [1.29, 1.82) is 5.26 Å². The Balaban J connectivity index is 2.09. The van der Waals surface area contributed by atoms with Crippen LogP contribution in [-0.4, -0.2) is 29.7 Å². The first kappa shape index (κ1) is 14.2. The predicted octanol–water partition coefficient (Wildman–Crippen LogP) is 0.208. The maximum Gasteiger partial charge on any atom is 0.243 e. The van der Waals surface area contributed by atoms with Crippen molar-refractivity contribution < 1.29 is 8.42 Å². The molecule has 0 aliphatic carbocycles. The Labute approximate surface area is 116 Å². The number of sulfonamides is 1. The van der Waals surface area contributed by atoms with E-state index >= 15 is 0 Å². The zero-order valence-corrected chi connectivity index (χ0v) is 11.6. The van der Waals surface area contributed by atoms with Crippen molar-refractivity contribution in [1.82, 2.24) is 19.5 Å².